The number of nitrogens with zero attached hydrogens (tertiary/aromatic N) is 2. The molecule has 1 aliphatic heterocycles. The van der Waals surface area contributed by atoms with Crippen molar-refractivity contribution in [2.75, 3.05) is 6.54 Å². The van der Waals surface area contributed by atoms with Crippen LogP contribution in [-0.2, 0) is 5.75 Å². The molecule has 0 saturated carbocycles. The van der Waals surface area contributed by atoms with Crippen LogP contribution < -0.4 is 0 Å². The Morgan fingerprint density at radius 2 is 1.96 bits per heavy atom. The summed E-state index contributed by atoms with van der Waals surface area (Å²) in [7, 11) is 0. The average molecular weight is 444 g/mol. The Balaban J connectivity index is 1.72. The van der Waals surface area contributed by atoms with Crippen molar-refractivity contribution >= 4 is 52.5 Å². The Morgan fingerprint density at radius 3 is 2.74 bits per heavy atom. The molecule has 1 saturated heterocycles. The van der Waals surface area contributed by atoms with Crippen molar-refractivity contribution in [3.8, 4) is 0 Å². The number of amides is 1. The molecule has 1 aliphatic rings. The molecule has 144 valence electrons. The van der Waals surface area contributed by atoms with Gasteiger partial charge in [0.1, 0.15) is 5.69 Å². The molecular weight excluding hydrogens is 423 g/mol. The van der Waals surface area contributed by atoms with E-state index in [0.717, 1.165) is 36.4 Å². The van der Waals surface area contributed by atoms with E-state index in [9.17, 15) is 4.79 Å². The molecule has 7 heteroatoms. The van der Waals surface area contributed by atoms with Crippen molar-refractivity contribution in [3.05, 3.63) is 56.8 Å². The highest BCUT2D eigenvalue weighted by Gasteiger charge is 2.26. The standard InChI is InChI=1S/C20H21Cl3N2OS/c1-2-14-7-3-4-9-25(14)20(26)18-8-5-6-13(24-18)12-27-19-11-16(22)15(21)10-17(19)23/h5-6,8,10-11,14H,2-4,7,9,12H2,1H3. The zero-order chi connectivity index (χ0) is 19.4. The van der Waals surface area contributed by atoms with E-state index in [-0.39, 0.29) is 5.91 Å². The van der Waals surface area contributed by atoms with E-state index in [1.54, 1.807) is 18.2 Å². The third-order valence-electron chi connectivity index (χ3n) is 4.74. The third-order valence-corrected chi connectivity index (χ3v) is 6.97. The van der Waals surface area contributed by atoms with Crippen LogP contribution in [0.3, 0.4) is 0 Å². The maximum atomic E-state index is 12.9. The van der Waals surface area contributed by atoms with Gasteiger partial charge >= 0.3 is 0 Å². The third kappa shape index (κ3) is 5.11. The van der Waals surface area contributed by atoms with E-state index in [4.69, 9.17) is 34.8 Å². The minimum atomic E-state index is 0.0287. The normalized spacial score (nSPS) is 17.2. The average Bonchev–Trinajstić information content (AvgIpc) is 2.69. The molecule has 1 atom stereocenters. The minimum Gasteiger partial charge on any atom is -0.334 e. The zero-order valence-electron chi connectivity index (χ0n) is 15.1. The number of rotatable bonds is 5. The number of carbonyl (C=O) groups excluding carboxylic acids is 1. The molecule has 0 aliphatic carbocycles. The smallest absolute Gasteiger partial charge is 0.272 e. The highest BCUT2D eigenvalue weighted by atomic mass is 35.5. The van der Waals surface area contributed by atoms with Gasteiger partial charge in [-0.3, -0.25) is 4.79 Å². The summed E-state index contributed by atoms with van der Waals surface area (Å²) in [6, 6.07) is 9.32. The SMILES string of the molecule is CCC1CCCCN1C(=O)c1cccc(CSc2cc(Cl)c(Cl)cc2Cl)n1. The summed E-state index contributed by atoms with van der Waals surface area (Å²) in [5.74, 6) is 0.622. The van der Waals surface area contributed by atoms with Gasteiger partial charge < -0.3 is 4.90 Å². The summed E-state index contributed by atoms with van der Waals surface area (Å²) in [5, 5.41) is 1.46. The van der Waals surface area contributed by atoms with Gasteiger partial charge in [0.05, 0.1) is 20.8 Å². The molecule has 1 amide bonds. The Bertz CT molecular complexity index is 831. The van der Waals surface area contributed by atoms with E-state index in [1.807, 2.05) is 17.0 Å². The first-order valence-corrected chi connectivity index (χ1v) is 11.2. The second kappa shape index (κ2) is 9.51. The van der Waals surface area contributed by atoms with Crippen molar-refractivity contribution in [1.29, 1.82) is 0 Å². The molecule has 0 bridgehead atoms. The Labute approximate surface area is 179 Å². The second-order valence-corrected chi connectivity index (χ2v) is 8.79. The van der Waals surface area contributed by atoms with E-state index in [0.29, 0.717) is 32.6 Å². The van der Waals surface area contributed by atoms with E-state index in [1.165, 1.54) is 18.2 Å². The number of likely N-dealkylation sites (tertiary alicyclic amines) is 1. The van der Waals surface area contributed by atoms with Gasteiger partial charge in [0.2, 0.25) is 0 Å². The molecule has 3 nitrogen and oxygen atoms in total. The lowest BCUT2D eigenvalue weighted by atomic mass is 9.99. The lowest BCUT2D eigenvalue weighted by Crippen LogP contribution is -2.43. The molecule has 1 aromatic carbocycles. The van der Waals surface area contributed by atoms with Crippen molar-refractivity contribution in [2.24, 2.45) is 0 Å². The fourth-order valence-electron chi connectivity index (χ4n) is 3.29. The number of aromatic nitrogens is 1. The van der Waals surface area contributed by atoms with Gasteiger partial charge in [0.25, 0.3) is 5.91 Å². The van der Waals surface area contributed by atoms with Crippen molar-refractivity contribution in [2.45, 2.75) is 49.3 Å². The first-order chi connectivity index (χ1) is 13.0. The summed E-state index contributed by atoms with van der Waals surface area (Å²) in [6.45, 7) is 2.95. The van der Waals surface area contributed by atoms with Crippen LogP contribution >= 0.6 is 46.6 Å². The van der Waals surface area contributed by atoms with Gasteiger partial charge in [0.15, 0.2) is 0 Å². The number of thioether (sulfide) groups is 1. The van der Waals surface area contributed by atoms with Crippen LogP contribution in [0, 0.1) is 0 Å². The summed E-state index contributed by atoms with van der Waals surface area (Å²) in [6.07, 6.45) is 4.31. The monoisotopic (exact) mass is 442 g/mol. The van der Waals surface area contributed by atoms with Gasteiger partial charge in [-0.2, -0.15) is 0 Å². The molecule has 3 rings (SSSR count). The molecule has 1 aromatic heterocycles. The van der Waals surface area contributed by atoms with Crippen LogP contribution in [0.25, 0.3) is 0 Å². The number of piperidine rings is 1. The number of halogens is 3. The largest absolute Gasteiger partial charge is 0.334 e. The molecule has 27 heavy (non-hydrogen) atoms. The zero-order valence-corrected chi connectivity index (χ0v) is 18.1. The van der Waals surface area contributed by atoms with Crippen LogP contribution in [0.2, 0.25) is 15.1 Å². The molecule has 0 radical (unpaired) electrons. The van der Waals surface area contributed by atoms with Crippen LogP contribution in [0.4, 0.5) is 0 Å². The van der Waals surface area contributed by atoms with Gasteiger partial charge in [-0.15, -0.1) is 11.8 Å². The predicted molar refractivity (Wildman–Crippen MR) is 114 cm³/mol. The molecule has 0 spiro atoms. The number of benzene rings is 1. The van der Waals surface area contributed by atoms with Crippen LogP contribution in [0.5, 0.6) is 0 Å². The quantitative estimate of drug-likeness (QED) is 0.379. The number of hydrogen-bond donors (Lipinski definition) is 0. The summed E-state index contributed by atoms with van der Waals surface area (Å²) >= 11 is 19.8. The fourth-order valence-corrected chi connectivity index (χ4v) is 4.92. The molecule has 2 aromatic rings. The first kappa shape index (κ1) is 20.8. The summed E-state index contributed by atoms with van der Waals surface area (Å²) in [4.78, 5) is 20.3. The first-order valence-electron chi connectivity index (χ1n) is 9.03. The number of carbonyl (C=O) groups is 1. The lowest BCUT2D eigenvalue weighted by Gasteiger charge is -2.35. The van der Waals surface area contributed by atoms with Crippen LogP contribution in [0.15, 0.2) is 35.2 Å². The number of hydrogen-bond acceptors (Lipinski definition) is 3. The number of pyridine rings is 1. The Hall–Kier alpha value is -0.940. The van der Waals surface area contributed by atoms with E-state index >= 15 is 0 Å². The highest BCUT2D eigenvalue weighted by molar-refractivity contribution is 7.98. The molecule has 2 heterocycles. The van der Waals surface area contributed by atoms with Gasteiger partial charge in [-0.1, -0.05) is 47.8 Å². The minimum absolute atomic E-state index is 0.0287. The van der Waals surface area contributed by atoms with Gasteiger partial charge in [-0.25, -0.2) is 4.98 Å². The lowest BCUT2D eigenvalue weighted by molar-refractivity contribution is 0.0601. The summed E-state index contributed by atoms with van der Waals surface area (Å²) < 4.78 is 0. The van der Waals surface area contributed by atoms with Gasteiger partial charge in [-0.05, 0) is 49.9 Å². The molecule has 1 fully saturated rings. The Morgan fingerprint density at radius 1 is 1.19 bits per heavy atom. The van der Waals surface area contributed by atoms with Crippen molar-refractivity contribution < 1.29 is 4.79 Å². The van der Waals surface area contributed by atoms with E-state index < -0.39 is 0 Å². The van der Waals surface area contributed by atoms with Crippen LogP contribution in [-0.4, -0.2) is 28.4 Å². The molecular formula is C20H21Cl3N2OS. The maximum Gasteiger partial charge on any atom is 0.272 e. The van der Waals surface area contributed by atoms with E-state index in [2.05, 4.69) is 11.9 Å². The Kier molecular flexibility index (Phi) is 7.32. The fraction of sp³-hybridized carbons (Fsp3) is 0.400. The topological polar surface area (TPSA) is 33.2 Å². The van der Waals surface area contributed by atoms with Crippen molar-refractivity contribution in [1.82, 2.24) is 9.88 Å². The van der Waals surface area contributed by atoms with Crippen molar-refractivity contribution in [3.63, 3.8) is 0 Å². The van der Waals surface area contributed by atoms with Crippen LogP contribution in [0.1, 0.15) is 48.8 Å². The molecule has 1 unspecified atom stereocenters. The van der Waals surface area contributed by atoms with Gasteiger partial charge in [0, 0.05) is 23.2 Å². The summed E-state index contributed by atoms with van der Waals surface area (Å²) in [5.41, 5.74) is 1.34. The molecule has 0 N–H and O–H groups in total. The second-order valence-electron chi connectivity index (χ2n) is 6.56. The maximum absolute atomic E-state index is 12.9. The highest BCUT2D eigenvalue weighted by Crippen LogP contribution is 2.36. The predicted octanol–water partition coefficient (Wildman–Crippen LogP) is 6.74.